The van der Waals surface area contributed by atoms with E-state index in [-0.39, 0.29) is 24.6 Å². The van der Waals surface area contributed by atoms with Gasteiger partial charge in [0.15, 0.2) is 0 Å². The Balaban J connectivity index is 1.32. The molecule has 1 aromatic heterocycles. The van der Waals surface area contributed by atoms with E-state index in [4.69, 9.17) is 0 Å². The Morgan fingerprint density at radius 1 is 0.972 bits per heavy atom. The summed E-state index contributed by atoms with van der Waals surface area (Å²) < 4.78 is 2.29. The first-order valence-corrected chi connectivity index (χ1v) is 12.9. The van der Waals surface area contributed by atoms with Crippen molar-refractivity contribution in [3.63, 3.8) is 0 Å². The van der Waals surface area contributed by atoms with E-state index in [1.54, 1.807) is 0 Å². The van der Waals surface area contributed by atoms with Crippen molar-refractivity contribution in [2.75, 3.05) is 57.8 Å². The summed E-state index contributed by atoms with van der Waals surface area (Å²) in [6, 6.07) is 16.3. The fourth-order valence-electron chi connectivity index (χ4n) is 6.28. The van der Waals surface area contributed by atoms with Crippen LogP contribution < -0.4 is 4.90 Å². The molecule has 2 amide bonds. The summed E-state index contributed by atoms with van der Waals surface area (Å²) in [6.45, 7) is 5.09. The Morgan fingerprint density at radius 3 is 2.53 bits per heavy atom. The third-order valence-electron chi connectivity index (χ3n) is 8.10. The van der Waals surface area contributed by atoms with E-state index in [1.807, 2.05) is 34.1 Å². The third-order valence-corrected chi connectivity index (χ3v) is 8.10. The molecule has 3 aromatic rings. The number of fused-ring (bicyclic) bond motifs is 6. The predicted molar refractivity (Wildman–Crippen MR) is 139 cm³/mol. The van der Waals surface area contributed by atoms with Gasteiger partial charge in [-0.2, -0.15) is 0 Å². The first-order valence-electron chi connectivity index (χ1n) is 12.9. The van der Waals surface area contributed by atoms with Crippen molar-refractivity contribution in [1.82, 2.24) is 19.3 Å². The van der Waals surface area contributed by atoms with E-state index in [1.165, 1.54) is 10.9 Å². The molecule has 1 N–H and O–H groups in total. The molecule has 3 aliphatic rings. The van der Waals surface area contributed by atoms with Crippen LogP contribution in [0.4, 0.5) is 5.69 Å². The molecule has 1 saturated heterocycles. The van der Waals surface area contributed by atoms with Crippen molar-refractivity contribution < 1.29 is 14.7 Å². The van der Waals surface area contributed by atoms with Crippen LogP contribution in [0.3, 0.4) is 0 Å². The Labute approximate surface area is 211 Å². The number of aromatic nitrogens is 1. The molecule has 1 atom stereocenters. The molecule has 36 heavy (non-hydrogen) atoms. The molecule has 0 spiro atoms. The van der Waals surface area contributed by atoms with Crippen LogP contribution in [0.5, 0.6) is 0 Å². The average molecular weight is 488 g/mol. The predicted octanol–water partition coefficient (Wildman–Crippen LogP) is 2.31. The van der Waals surface area contributed by atoms with Gasteiger partial charge in [-0.1, -0.05) is 30.3 Å². The Kier molecular flexibility index (Phi) is 5.93. The number of nitrogens with zero attached hydrogens (tertiary/aromatic N) is 5. The van der Waals surface area contributed by atoms with Crippen molar-refractivity contribution in [2.45, 2.75) is 25.6 Å². The Morgan fingerprint density at radius 2 is 1.72 bits per heavy atom. The number of benzene rings is 2. The van der Waals surface area contributed by atoms with Crippen molar-refractivity contribution in [2.24, 2.45) is 0 Å². The van der Waals surface area contributed by atoms with Gasteiger partial charge >= 0.3 is 0 Å². The largest absolute Gasteiger partial charge is 0.395 e. The van der Waals surface area contributed by atoms with Gasteiger partial charge in [-0.05, 0) is 30.2 Å². The number of hydrogen-bond donors (Lipinski definition) is 1. The standard InChI is InChI=1S/C28H33N5O3/c1-29-23-8-4-3-7-22(23)28(36)33-12-10-21-20-6-2-5-9-24(20)32(26(21)27(29)33)13-11-25(35)31-16-14-30(15-17-31)18-19-34/h2-9,27,34H,10-19H2,1H3. The van der Waals surface area contributed by atoms with Crippen LogP contribution in [-0.4, -0.2) is 89.1 Å². The summed E-state index contributed by atoms with van der Waals surface area (Å²) in [7, 11) is 2.07. The zero-order chi connectivity index (χ0) is 24.8. The first kappa shape index (κ1) is 23.1. The van der Waals surface area contributed by atoms with Gasteiger partial charge in [0, 0.05) is 70.2 Å². The second kappa shape index (κ2) is 9.26. The molecule has 0 radical (unpaired) electrons. The highest BCUT2D eigenvalue weighted by Crippen LogP contribution is 2.44. The van der Waals surface area contributed by atoms with Crippen LogP contribution >= 0.6 is 0 Å². The number of hydrogen-bond acceptors (Lipinski definition) is 5. The van der Waals surface area contributed by atoms with Gasteiger partial charge in [0.05, 0.1) is 23.6 Å². The highest BCUT2D eigenvalue weighted by molar-refractivity contribution is 6.02. The van der Waals surface area contributed by atoms with Gasteiger partial charge in [-0.15, -0.1) is 0 Å². The van der Waals surface area contributed by atoms with Crippen LogP contribution in [0, 0.1) is 0 Å². The third kappa shape index (κ3) is 3.67. The molecule has 2 aromatic carbocycles. The zero-order valence-corrected chi connectivity index (χ0v) is 20.8. The molecule has 3 aliphatic heterocycles. The van der Waals surface area contributed by atoms with Gasteiger partial charge in [0.2, 0.25) is 5.91 Å². The van der Waals surface area contributed by atoms with E-state index in [2.05, 4.69) is 45.7 Å². The minimum absolute atomic E-state index is 0.0768. The number of rotatable bonds is 5. The van der Waals surface area contributed by atoms with E-state index < -0.39 is 0 Å². The first-order chi connectivity index (χ1) is 17.6. The van der Waals surface area contributed by atoms with Crippen molar-refractivity contribution in [3.05, 3.63) is 65.4 Å². The molecular formula is C28H33N5O3. The average Bonchev–Trinajstić information content (AvgIpc) is 3.24. The number of para-hydroxylation sites is 2. The van der Waals surface area contributed by atoms with Crippen LogP contribution in [-0.2, 0) is 17.8 Å². The highest BCUT2D eigenvalue weighted by Gasteiger charge is 2.42. The van der Waals surface area contributed by atoms with Crippen molar-refractivity contribution >= 4 is 28.4 Å². The second-order valence-corrected chi connectivity index (χ2v) is 9.98. The number of aliphatic hydroxyl groups is 1. The summed E-state index contributed by atoms with van der Waals surface area (Å²) in [6.07, 6.45) is 1.04. The van der Waals surface area contributed by atoms with Crippen LogP contribution in [0.15, 0.2) is 48.5 Å². The van der Waals surface area contributed by atoms with Gasteiger partial charge in [-0.3, -0.25) is 14.5 Å². The molecule has 4 heterocycles. The number of anilines is 1. The molecule has 1 fully saturated rings. The molecular weight excluding hydrogens is 454 g/mol. The maximum Gasteiger partial charge on any atom is 0.257 e. The van der Waals surface area contributed by atoms with Crippen LogP contribution in [0.25, 0.3) is 10.9 Å². The minimum atomic E-state index is -0.194. The minimum Gasteiger partial charge on any atom is -0.395 e. The van der Waals surface area contributed by atoms with Crippen LogP contribution in [0.2, 0.25) is 0 Å². The highest BCUT2D eigenvalue weighted by atomic mass is 16.3. The monoisotopic (exact) mass is 487 g/mol. The van der Waals surface area contributed by atoms with Crippen molar-refractivity contribution in [1.29, 1.82) is 0 Å². The topological polar surface area (TPSA) is 72.3 Å². The fraction of sp³-hybridized carbons (Fsp3) is 0.429. The number of carbonyl (C=O) groups is 2. The molecule has 0 saturated carbocycles. The molecule has 188 valence electrons. The van der Waals surface area contributed by atoms with E-state index in [0.717, 1.165) is 42.0 Å². The molecule has 1 unspecified atom stereocenters. The summed E-state index contributed by atoms with van der Waals surface area (Å²) in [4.78, 5) is 35.0. The van der Waals surface area contributed by atoms with Gasteiger partial charge < -0.3 is 24.4 Å². The summed E-state index contributed by atoms with van der Waals surface area (Å²) in [5.41, 5.74) is 5.25. The van der Waals surface area contributed by atoms with E-state index >= 15 is 0 Å². The molecule has 8 heteroatoms. The van der Waals surface area contributed by atoms with E-state index in [9.17, 15) is 14.7 Å². The normalized spacial score (nSPS) is 19.9. The Bertz CT molecular complexity index is 1310. The number of carbonyl (C=O) groups excluding carboxylic acids is 2. The molecule has 0 aliphatic carbocycles. The number of aryl methyl sites for hydroxylation is 1. The van der Waals surface area contributed by atoms with Gasteiger partial charge in [0.1, 0.15) is 6.17 Å². The maximum absolute atomic E-state index is 13.5. The summed E-state index contributed by atoms with van der Waals surface area (Å²) >= 11 is 0. The number of amides is 2. The molecule has 0 bridgehead atoms. The lowest BCUT2D eigenvalue weighted by Crippen LogP contribution is -2.51. The summed E-state index contributed by atoms with van der Waals surface area (Å²) in [5.74, 6) is 0.240. The number of β-amino-alcohol motifs (C(OH)–C–C–N with tert-alkyl or cyclic N) is 1. The second-order valence-electron chi connectivity index (χ2n) is 9.98. The Hall–Kier alpha value is -3.36. The SMILES string of the molecule is CN1c2ccccc2C(=O)N2CCc3c(n(CCC(=O)N4CCN(CCO)CC4)c4ccccc34)C21. The van der Waals surface area contributed by atoms with Crippen molar-refractivity contribution in [3.8, 4) is 0 Å². The molecule has 6 rings (SSSR count). The zero-order valence-electron chi connectivity index (χ0n) is 20.8. The molecule has 8 nitrogen and oxygen atoms in total. The lowest BCUT2D eigenvalue weighted by atomic mass is 9.96. The maximum atomic E-state index is 13.5. The number of piperazine rings is 1. The lowest BCUT2D eigenvalue weighted by Gasteiger charge is -2.46. The van der Waals surface area contributed by atoms with Gasteiger partial charge in [0.25, 0.3) is 5.91 Å². The summed E-state index contributed by atoms with van der Waals surface area (Å²) in [5, 5.41) is 10.4. The quantitative estimate of drug-likeness (QED) is 0.598. The fourth-order valence-corrected chi connectivity index (χ4v) is 6.28. The lowest BCUT2D eigenvalue weighted by molar-refractivity contribution is -0.133. The number of aliphatic hydroxyl groups excluding tert-OH is 1. The van der Waals surface area contributed by atoms with Gasteiger partial charge in [-0.25, -0.2) is 0 Å². The smallest absolute Gasteiger partial charge is 0.257 e. The van der Waals surface area contributed by atoms with E-state index in [0.29, 0.717) is 39.1 Å². The van der Waals surface area contributed by atoms with Crippen LogP contribution in [0.1, 0.15) is 34.2 Å².